The second kappa shape index (κ2) is 4.62. The van der Waals surface area contributed by atoms with E-state index in [1.807, 2.05) is 0 Å². The van der Waals surface area contributed by atoms with Gasteiger partial charge in [-0.15, -0.1) is 0 Å². The van der Waals surface area contributed by atoms with Crippen molar-refractivity contribution in [1.82, 2.24) is 10.1 Å². The Morgan fingerprint density at radius 3 is 2.85 bits per heavy atom. The maximum absolute atomic E-state index is 13.4. The number of hydrogen-bond donors (Lipinski definition) is 1. The molecule has 0 bridgehead atoms. The first kappa shape index (κ1) is 13.2. The van der Waals surface area contributed by atoms with Gasteiger partial charge in [0.15, 0.2) is 11.6 Å². The summed E-state index contributed by atoms with van der Waals surface area (Å²) in [4.78, 5) is 14.8. The molecule has 0 spiro atoms. The lowest BCUT2D eigenvalue weighted by molar-refractivity contribution is -0.138. The van der Waals surface area contributed by atoms with Crippen LogP contribution in [0.3, 0.4) is 0 Å². The van der Waals surface area contributed by atoms with Gasteiger partial charge < -0.3 is 9.63 Å². The van der Waals surface area contributed by atoms with Crippen LogP contribution in [0.25, 0.3) is 11.4 Å². The van der Waals surface area contributed by atoms with E-state index < -0.39 is 23.5 Å². The molecule has 1 saturated carbocycles. The van der Waals surface area contributed by atoms with Crippen molar-refractivity contribution in [3.8, 4) is 11.4 Å². The van der Waals surface area contributed by atoms with Crippen LogP contribution in [0.15, 0.2) is 21.1 Å². The van der Waals surface area contributed by atoms with Crippen LogP contribution in [0, 0.1) is 17.6 Å². The molecule has 2 atom stereocenters. The molecule has 0 aliphatic heterocycles. The number of hydrogen-bond acceptors (Lipinski definition) is 4. The van der Waals surface area contributed by atoms with E-state index in [4.69, 9.17) is 9.63 Å². The average molecular weight is 345 g/mol. The molecular formula is C12H7BrF2N2O3. The summed E-state index contributed by atoms with van der Waals surface area (Å²) in [6.45, 7) is 0. The van der Waals surface area contributed by atoms with Crippen molar-refractivity contribution in [3.63, 3.8) is 0 Å². The van der Waals surface area contributed by atoms with Gasteiger partial charge in [0.2, 0.25) is 11.7 Å². The minimum absolute atomic E-state index is 0.0850. The lowest BCUT2D eigenvalue weighted by atomic mass is 10.2. The van der Waals surface area contributed by atoms with Crippen LogP contribution in [0.1, 0.15) is 18.2 Å². The van der Waals surface area contributed by atoms with Crippen LogP contribution in [0.2, 0.25) is 0 Å². The quantitative estimate of drug-likeness (QED) is 0.866. The maximum atomic E-state index is 13.4. The van der Waals surface area contributed by atoms with Crippen molar-refractivity contribution < 1.29 is 23.2 Å². The molecule has 0 amide bonds. The molecule has 2 aromatic rings. The van der Waals surface area contributed by atoms with E-state index in [0.29, 0.717) is 6.42 Å². The third kappa shape index (κ3) is 2.09. The molecule has 1 heterocycles. The average Bonchev–Trinajstić information content (AvgIpc) is 3.08. The topological polar surface area (TPSA) is 76.2 Å². The molecule has 20 heavy (non-hydrogen) atoms. The Bertz CT molecular complexity index is 704. The zero-order valence-corrected chi connectivity index (χ0v) is 11.4. The number of nitrogens with zero attached hydrogens (tertiary/aromatic N) is 2. The molecule has 8 heteroatoms. The van der Waals surface area contributed by atoms with Crippen molar-refractivity contribution in [1.29, 1.82) is 0 Å². The predicted octanol–water partition coefficient (Wildman–Crippen LogP) is 2.97. The van der Waals surface area contributed by atoms with E-state index in [1.54, 1.807) is 0 Å². The van der Waals surface area contributed by atoms with Gasteiger partial charge in [0, 0.05) is 5.56 Å². The largest absolute Gasteiger partial charge is 0.481 e. The Labute approximate surface area is 119 Å². The number of aliphatic carboxylic acids is 1. The molecule has 2 unspecified atom stereocenters. The minimum atomic E-state index is -1.04. The highest BCUT2D eigenvalue weighted by atomic mass is 79.9. The summed E-state index contributed by atoms with van der Waals surface area (Å²) < 4.78 is 31.3. The highest BCUT2D eigenvalue weighted by Gasteiger charge is 2.48. The molecule has 1 fully saturated rings. The first-order valence-corrected chi connectivity index (χ1v) is 6.48. The van der Waals surface area contributed by atoms with Crippen LogP contribution in [-0.2, 0) is 4.79 Å². The fourth-order valence-electron chi connectivity index (χ4n) is 1.93. The Balaban J connectivity index is 1.92. The summed E-state index contributed by atoms with van der Waals surface area (Å²) in [7, 11) is 0. The fourth-order valence-corrected chi connectivity index (χ4v) is 2.43. The summed E-state index contributed by atoms with van der Waals surface area (Å²) in [6, 6.07) is 2.28. The van der Waals surface area contributed by atoms with Gasteiger partial charge in [-0.25, -0.2) is 8.78 Å². The molecule has 0 radical (unpaired) electrons. The summed E-state index contributed by atoms with van der Waals surface area (Å²) in [5.41, 5.74) is 0.242. The van der Waals surface area contributed by atoms with Gasteiger partial charge in [-0.2, -0.15) is 4.98 Å². The molecule has 1 aromatic carbocycles. The van der Waals surface area contributed by atoms with Gasteiger partial charge in [0.1, 0.15) is 0 Å². The number of halogens is 3. The highest BCUT2D eigenvalue weighted by Crippen LogP contribution is 2.47. The molecule has 3 rings (SSSR count). The normalized spacial score (nSPS) is 20.9. The molecule has 1 aliphatic carbocycles. The van der Waals surface area contributed by atoms with E-state index >= 15 is 0 Å². The Morgan fingerprint density at radius 2 is 2.20 bits per heavy atom. The Hall–Kier alpha value is -1.83. The standard InChI is InChI=1S/C12H7BrF2N2O3/c13-8-4(1-2-7(14)9(8)15)10-16-11(20-17-10)5-3-6(5)12(18)19/h1-2,5-6H,3H2,(H,18,19). The van der Waals surface area contributed by atoms with Crippen LogP contribution < -0.4 is 0 Å². The van der Waals surface area contributed by atoms with Crippen molar-refractivity contribution in [2.24, 2.45) is 5.92 Å². The van der Waals surface area contributed by atoms with Crippen LogP contribution >= 0.6 is 15.9 Å². The molecule has 0 saturated heterocycles. The molecule has 1 aliphatic rings. The van der Waals surface area contributed by atoms with Crippen molar-refractivity contribution in [2.75, 3.05) is 0 Å². The zero-order valence-electron chi connectivity index (χ0n) is 9.81. The minimum Gasteiger partial charge on any atom is -0.481 e. The lowest BCUT2D eigenvalue weighted by Gasteiger charge is -2.00. The van der Waals surface area contributed by atoms with Gasteiger partial charge >= 0.3 is 5.97 Å². The van der Waals surface area contributed by atoms with E-state index in [9.17, 15) is 13.6 Å². The fraction of sp³-hybridized carbons (Fsp3) is 0.250. The van der Waals surface area contributed by atoms with E-state index in [1.165, 1.54) is 6.07 Å². The Morgan fingerprint density at radius 1 is 1.45 bits per heavy atom. The van der Waals surface area contributed by atoms with E-state index in [0.717, 1.165) is 6.07 Å². The van der Waals surface area contributed by atoms with Crippen molar-refractivity contribution in [2.45, 2.75) is 12.3 Å². The van der Waals surface area contributed by atoms with Gasteiger partial charge in [-0.05, 0) is 34.5 Å². The number of aromatic nitrogens is 2. The zero-order chi connectivity index (χ0) is 14.4. The summed E-state index contributed by atoms with van der Waals surface area (Å²) in [5.74, 6) is -3.48. The summed E-state index contributed by atoms with van der Waals surface area (Å²) >= 11 is 2.93. The smallest absolute Gasteiger partial charge is 0.307 e. The van der Waals surface area contributed by atoms with Crippen LogP contribution in [-0.4, -0.2) is 21.2 Å². The number of carboxylic acids is 1. The maximum Gasteiger partial charge on any atom is 0.307 e. The number of carbonyl (C=O) groups is 1. The predicted molar refractivity (Wildman–Crippen MR) is 65.8 cm³/mol. The lowest BCUT2D eigenvalue weighted by Crippen LogP contribution is -1.99. The Kier molecular flexibility index (Phi) is 3.04. The van der Waals surface area contributed by atoms with Gasteiger partial charge in [0.05, 0.1) is 16.3 Å². The third-order valence-electron chi connectivity index (χ3n) is 3.14. The van der Waals surface area contributed by atoms with Crippen molar-refractivity contribution >= 4 is 21.9 Å². The molecular weight excluding hydrogens is 338 g/mol. The summed E-state index contributed by atoms with van der Waals surface area (Å²) in [5, 5.41) is 12.5. The second-order valence-electron chi connectivity index (χ2n) is 4.47. The summed E-state index contributed by atoms with van der Waals surface area (Å²) in [6.07, 6.45) is 0.440. The molecule has 1 aromatic heterocycles. The van der Waals surface area contributed by atoms with Crippen LogP contribution in [0.5, 0.6) is 0 Å². The highest BCUT2D eigenvalue weighted by molar-refractivity contribution is 9.10. The SMILES string of the molecule is O=C(O)C1CC1c1nc(-c2ccc(F)c(F)c2Br)no1. The van der Waals surface area contributed by atoms with Gasteiger partial charge in [0.25, 0.3) is 0 Å². The van der Waals surface area contributed by atoms with E-state index in [-0.39, 0.29) is 27.7 Å². The number of carboxylic acid groups (broad SMARTS) is 1. The van der Waals surface area contributed by atoms with Crippen molar-refractivity contribution in [3.05, 3.63) is 34.1 Å². The number of benzene rings is 1. The number of rotatable bonds is 3. The van der Waals surface area contributed by atoms with Crippen LogP contribution in [0.4, 0.5) is 8.78 Å². The van der Waals surface area contributed by atoms with Gasteiger partial charge in [-0.1, -0.05) is 5.16 Å². The molecule has 1 N–H and O–H groups in total. The first-order chi connectivity index (χ1) is 9.49. The molecule has 5 nitrogen and oxygen atoms in total. The second-order valence-corrected chi connectivity index (χ2v) is 5.26. The van der Waals surface area contributed by atoms with E-state index in [2.05, 4.69) is 26.1 Å². The first-order valence-electron chi connectivity index (χ1n) is 5.69. The monoisotopic (exact) mass is 344 g/mol. The third-order valence-corrected chi connectivity index (χ3v) is 3.92. The molecule has 104 valence electrons. The van der Waals surface area contributed by atoms with Gasteiger partial charge in [-0.3, -0.25) is 4.79 Å².